The molecule has 100 heavy (non-hydrogen) atoms. The Morgan fingerprint density at radius 1 is 0.280 bits per heavy atom. The maximum atomic E-state index is 13.1. The van der Waals surface area contributed by atoms with E-state index in [0.717, 1.165) is 27.7 Å². The van der Waals surface area contributed by atoms with Crippen LogP contribution in [0.5, 0.6) is 0 Å². The van der Waals surface area contributed by atoms with Crippen molar-refractivity contribution in [2.75, 3.05) is 46.2 Å². The summed E-state index contributed by atoms with van der Waals surface area (Å²) in [5.74, 6) is -3.42. The summed E-state index contributed by atoms with van der Waals surface area (Å²) in [4.78, 5) is 50.2. The van der Waals surface area contributed by atoms with Crippen LogP contribution in [0.25, 0.3) is 0 Å². The van der Waals surface area contributed by atoms with Crippen molar-refractivity contribution in [3.63, 3.8) is 0 Å². The number of hydrogen-bond donors (Lipinski definition) is 25. The van der Waals surface area contributed by atoms with E-state index in [4.69, 9.17) is 71.1 Å². The van der Waals surface area contributed by atoms with Crippen molar-refractivity contribution in [2.45, 2.75) is 280 Å². The van der Waals surface area contributed by atoms with Gasteiger partial charge < -0.3 is 200 Å². The van der Waals surface area contributed by atoms with Crippen LogP contribution in [0.15, 0.2) is 0 Å². The highest BCUT2D eigenvalue weighted by Gasteiger charge is 2.60. The Balaban J connectivity index is 1.14. The van der Waals surface area contributed by atoms with Gasteiger partial charge in [0.05, 0.1) is 52.4 Å². The first-order valence-corrected chi connectivity index (χ1v) is 32.0. The molecule has 8 aliphatic rings. The number of carbonyl (C=O) groups excluding carboxylic acids is 4. The minimum atomic E-state index is -2.50. The van der Waals surface area contributed by atoms with Gasteiger partial charge in [0.25, 0.3) is 0 Å². The van der Waals surface area contributed by atoms with Crippen LogP contribution < -0.4 is 21.3 Å². The number of aliphatic hydroxyl groups is 21. The lowest BCUT2D eigenvalue weighted by Crippen LogP contribution is -2.71. The van der Waals surface area contributed by atoms with E-state index in [1.165, 1.54) is 6.92 Å². The van der Waals surface area contributed by atoms with E-state index in [9.17, 15) is 126 Å². The third kappa shape index (κ3) is 18.3. The third-order valence-electron chi connectivity index (χ3n) is 18.2. The molecular weight excluding hydrogens is 1370 g/mol. The molecule has 40 atom stereocenters. The molecule has 0 spiro atoms. The van der Waals surface area contributed by atoms with Crippen LogP contribution in [0, 0.1) is 0 Å². The molecule has 8 rings (SSSR count). The quantitative estimate of drug-likeness (QED) is 0.0404. The lowest BCUT2D eigenvalue weighted by atomic mass is 9.93. The minimum absolute atomic E-state index is 0.809. The molecule has 578 valence electrons. The van der Waals surface area contributed by atoms with Crippen LogP contribution >= 0.6 is 0 Å². The Bertz CT molecular complexity index is 2620. The summed E-state index contributed by atoms with van der Waals surface area (Å²) < 4.78 is 88.8. The molecule has 0 aliphatic carbocycles. The van der Waals surface area contributed by atoms with Crippen LogP contribution in [0.4, 0.5) is 0 Å². The van der Waals surface area contributed by atoms with Crippen molar-refractivity contribution in [1.82, 2.24) is 21.3 Å². The van der Waals surface area contributed by atoms with Crippen molar-refractivity contribution in [1.29, 1.82) is 0 Å². The van der Waals surface area contributed by atoms with Crippen molar-refractivity contribution >= 4 is 23.6 Å². The maximum absolute atomic E-state index is 13.1. The highest BCUT2D eigenvalue weighted by molar-refractivity contribution is 5.74. The summed E-state index contributed by atoms with van der Waals surface area (Å²) >= 11 is 0. The highest BCUT2D eigenvalue weighted by Crippen LogP contribution is 2.38. The summed E-state index contributed by atoms with van der Waals surface area (Å²) in [6.45, 7) is -1.92. The second-order valence-corrected chi connectivity index (χ2v) is 25.4. The lowest BCUT2D eigenvalue weighted by Gasteiger charge is -2.51. The van der Waals surface area contributed by atoms with Crippen molar-refractivity contribution in [2.24, 2.45) is 0 Å². The SMILES string of the molecule is CC(=O)N[C@@H]1[C@@H](O)[C@H](O[C@@H]2O[C@H](CO)[C@@H](O[C@@H]3O[C@H](CO[C@H]4O[C@H](CO)[C@@H](O)[C@H](O)[C@@H]4O[C@@H]4O[C@H](CO)[C@@H](O)[C@H](O)[C@H]4NC(C)=O)[C@@H](O)[C@H](O[C@H]4O[C@H](CO)[C@@H](O)[C@H](O)[C@@H]4O[C@H]4O[C@H](CO)[C@@H](O)[C@H](O)[C@H]4NC(C)=O)[C@@H]3O)[C@H](O)[C@H]2NC(C)=O)[C@@H](CO[C@@H]2O[C@@H](C)[C@@H](O)[C@@H](O)[C@@H]2O)O[C@H]1O. The Labute approximate surface area is 567 Å². The largest absolute Gasteiger partial charge is 0.394 e. The van der Waals surface area contributed by atoms with E-state index in [1.807, 2.05) is 0 Å². The first kappa shape index (κ1) is 82.1. The average Bonchev–Trinajstić information content (AvgIpc) is 0.770. The predicted molar refractivity (Wildman–Crippen MR) is 309 cm³/mol. The predicted octanol–water partition coefficient (Wildman–Crippen LogP) is -16.8. The van der Waals surface area contributed by atoms with E-state index >= 15 is 0 Å². The highest BCUT2D eigenvalue weighted by atomic mass is 16.8. The van der Waals surface area contributed by atoms with Gasteiger partial charge in [-0.15, -0.1) is 0 Å². The molecular formula is C56H94N4O40. The summed E-state index contributed by atoms with van der Waals surface area (Å²) in [6, 6.07) is -7.10. The van der Waals surface area contributed by atoms with Gasteiger partial charge in [0.1, 0.15) is 189 Å². The molecule has 44 heteroatoms. The number of ether oxygens (including phenoxy) is 15. The van der Waals surface area contributed by atoms with Gasteiger partial charge in [-0.1, -0.05) is 0 Å². The fourth-order valence-electron chi connectivity index (χ4n) is 12.8. The van der Waals surface area contributed by atoms with Crippen LogP contribution in [0.1, 0.15) is 34.6 Å². The van der Waals surface area contributed by atoms with Gasteiger partial charge >= 0.3 is 0 Å². The molecule has 0 aromatic carbocycles. The molecule has 8 fully saturated rings. The zero-order valence-corrected chi connectivity index (χ0v) is 54.2. The van der Waals surface area contributed by atoms with Gasteiger partial charge in [0.2, 0.25) is 23.6 Å². The Hall–Kier alpha value is -3.56. The number of carbonyl (C=O) groups is 4. The monoisotopic (exact) mass is 1460 g/mol. The Morgan fingerprint density at radius 2 is 0.620 bits per heavy atom. The Kier molecular flexibility index (Phi) is 29.3. The molecule has 4 amide bonds. The Morgan fingerprint density at radius 3 is 1.09 bits per heavy atom. The van der Waals surface area contributed by atoms with Gasteiger partial charge in [0.15, 0.2) is 50.3 Å². The standard InChI is InChI=1S/C56H94N4O40/c1-13-29(70)39(80)42(83)53(88-13)86-12-24-45(37(78)25(49(85)89-24)57-14(2)66)96-52-28(60-17(5)69)38(79)44(22(10-65)94-52)97-54-43(84)46(98-56-48(41(82)33(74)21(9-64)93-56)100-51-27(59-16(4)68)36(77)31(72)19(7-62)91-51)34(75)23(95-54)11-87-55-47(40(81)32(73)20(8-63)92-55)99-50-26(58-15(3)67)35(76)30(71)18(6-61)90-50/h13,18-56,61-65,70-85H,6-12H2,1-5H3,(H,57,66)(H,58,67)(H,59,68)(H,60,69)/t13-,18+,19+,20+,21+,22+,23+,24+,25+,26+,27+,28+,29+,30+,31+,32+,33+,34+,35+,36+,37+,38+,39+,40-,41-,42-,43-,44+,45+,46-,47-,48-,49+,50-,51+,52-,53+,54-,55-,56+/m0/s1. The van der Waals surface area contributed by atoms with E-state index in [1.54, 1.807) is 0 Å². The average molecular weight is 1460 g/mol. The zero-order chi connectivity index (χ0) is 73.8. The van der Waals surface area contributed by atoms with E-state index < -0.39 is 315 Å². The second kappa shape index (κ2) is 35.7. The molecule has 0 unspecified atom stereocenters. The number of amides is 4. The van der Waals surface area contributed by atoms with Crippen LogP contribution in [-0.4, -0.2) is 423 Å². The van der Waals surface area contributed by atoms with E-state index in [2.05, 4.69) is 21.3 Å². The first-order chi connectivity index (χ1) is 47.2. The first-order valence-electron chi connectivity index (χ1n) is 32.0. The van der Waals surface area contributed by atoms with Gasteiger partial charge in [-0.25, -0.2) is 0 Å². The van der Waals surface area contributed by atoms with Crippen LogP contribution in [0.2, 0.25) is 0 Å². The molecule has 0 radical (unpaired) electrons. The van der Waals surface area contributed by atoms with E-state index in [-0.39, 0.29) is 0 Å². The molecule has 8 aliphatic heterocycles. The number of nitrogens with one attached hydrogen (secondary N) is 4. The smallest absolute Gasteiger partial charge is 0.217 e. The van der Waals surface area contributed by atoms with Crippen molar-refractivity contribution in [3.05, 3.63) is 0 Å². The molecule has 0 saturated carbocycles. The summed E-state index contributed by atoms with van der Waals surface area (Å²) in [5.41, 5.74) is 0. The molecule has 0 aromatic heterocycles. The fourth-order valence-corrected chi connectivity index (χ4v) is 12.8. The van der Waals surface area contributed by atoms with Gasteiger partial charge in [-0.3, -0.25) is 19.2 Å². The minimum Gasteiger partial charge on any atom is -0.394 e. The third-order valence-corrected chi connectivity index (χ3v) is 18.2. The molecule has 8 heterocycles. The molecule has 0 aromatic rings. The van der Waals surface area contributed by atoms with Crippen molar-refractivity contribution < 1.29 is 197 Å². The molecule has 25 N–H and O–H groups in total. The zero-order valence-electron chi connectivity index (χ0n) is 54.2. The normalized spacial score (nSPS) is 48.7. The summed E-state index contributed by atoms with van der Waals surface area (Å²) in [7, 11) is 0. The molecule has 0 bridgehead atoms. The number of aliphatic hydroxyl groups excluding tert-OH is 21. The maximum Gasteiger partial charge on any atom is 0.217 e. The fraction of sp³-hybridized carbons (Fsp3) is 0.929. The molecule has 44 nitrogen and oxygen atoms in total. The number of rotatable bonds is 25. The topological polar surface area (TPSA) is 680 Å². The molecule has 8 saturated heterocycles. The lowest BCUT2D eigenvalue weighted by molar-refractivity contribution is -0.396. The van der Waals surface area contributed by atoms with Crippen LogP contribution in [-0.2, 0) is 90.2 Å². The number of hydrogen-bond acceptors (Lipinski definition) is 40. The van der Waals surface area contributed by atoms with Gasteiger partial charge in [-0.2, -0.15) is 0 Å². The second-order valence-electron chi connectivity index (χ2n) is 25.4. The van der Waals surface area contributed by atoms with Gasteiger partial charge in [0, 0.05) is 27.7 Å². The van der Waals surface area contributed by atoms with Crippen LogP contribution in [0.3, 0.4) is 0 Å². The van der Waals surface area contributed by atoms with E-state index in [0.29, 0.717) is 0 Å². The van der Waals surface area contributed by atoms with Gasteiger partial charge in [-0.05, 0) is 6.92 Å². The summed E-state index contributed by atoms with van der Waals surface area (Å²) in [6.07, 6.45) is -71.6. The summed E-state index contributed by atoms with van der Waals surface area (Å²) in [5, 5.41) is 242. The van der Waals surface area contributed by atoms with Crippen molar-refractivity contribution in [3.8, 4) is 0 Å².